The molecule has 0 atom stereocenters. The number of rotatable bonds is 2. The number of nitrogens with two attached hydrogens (primary N) is 1. The van der Waals surface area contributed by atoms with Crippen LogP contribution < -0.4 is 5.73 Å². The minimum Gasteiger partial charge on any atom is -0.399 e. The Morgan fingerprint density at radius 2 is 2.30 bits per heavy atom. The Bertz CT molecular complexity index is 206. The molecule has 1 aromatic rings. The Kier molecular flexibility index (Phi) is 2.32. The molecule has 0 aliphatic heterocycles. The SMILES string of the molecule is C[CH]Cc1cccc(N)c1. The van der Waals surface area contributed by atoms with E-state index in [0.29, 0.717) is 0 Å². The third kappa shape index (κ3) is 1.76. The van der Waals surface area contributed by atoms with Crippen LogP contribution in [0.5, 0.6) is 0 Å². The van der Waals surface area contributed by atoms with Gasteiger partial charge in [-0.15, -0.1) is 0 Å². The molecule has 0 fully saturated rings. The largest absolute Gasteiger partial charge is 0.399 e. The predicted molar refractivity (Wildman–Crippen MR) is 44.5 cm³/mol. The van der Waals surface area contributed by atoms with E-state index in [1.807, 2.05) is 25.1 Å². The van der Waals surface area contributed by atoms with E-state index in [1.165, 1.54) is 5.56 Å². The Labute approximate surface area is 61.9 Å². The van der Waals surface area contributed by atoms with E-state index < -0.39 is 0 Å². The maximum absolute atomic E-state index is 5.57. The van der Waals surface area contributed by atoms with E-state index in [4.69, 9.17) is 5.73 Å². The van der Waals surface area contributed by atoms with Crippen molar-refractivity contribution in [3.8, 4) is 0 Å². The summed E-state index contributed by atoms with van der Waals surface area (Å²) >= 11 is 0. The summed E-state index contributed by atoms with van der Waals surface area (Å²) < 4.78 is 0. The molecule has 1 heteroatoms. The van der Waals surface area contributed by atoms with Crippen LogP contribution in [0.1, 0.15) is 12.5 Å². The lowest BCUT2D eigenvalue weighted by Crippen LogP contribution is -1.87. The Hall–Kier alpha value is -0.980. The van der Waals surface area contributed by atoms with E-state index in [1.54, 1.807) is 0 Å². The highest BCUT2D eigenvalue weighted by Gasteiger charge is 1.89. The Morgan fingerprint density at radius 3 is 2.90 bits per heavy atom. The minimum absolute atomic E-state index is 0.847. The van der Waals surface area contributed by atoms with Gasteiger partial charge in [-0.1, -0.05) is 19.1 Å². The van der Waals surface area contributed by atoms with E-state index in [2.05, 4.69) is 12.5 Å². The van der Waals surface area contributed by atoms with Gasteiger partial charge in [0.2, 0.25) is 0 Å². The zero-order valence-corrected chi connectivity index (χ0v) is 6.17. The maximum Gasteiger partial charge on any atom is 0.0316 e. The summed E-state index contributed by atoms with van der Waals surface area (Å²) in [5.41, 5.74) is 7.70. The molecule has 0 saturated heterocycles. The molecule has 1 aromatic carbocycles. The average molecular weight is 134 g/mol. The quantitative estimate of drug-likeness (QED) is 0.615. The van der Waals surface area contributed by atoms with E-state index in [-0.39, 0.29) is 0 Å². The average Bonchev–Trinajstić information content (AvgIpc) is 1.88. The van der Waals surface area contributed by atoms with Crippen molar-refractivity contribution in [2.24, 2.45) is 0 Å². The topological polar surface area (TPSA) is 26.0 Å². The third-order valence-corrected chi connectivity index (χ3v) is 1.39. The summed E-state index contributed by atoms with van der Waals surface area (Å²) in [6, 6.07) is 7.96. The maximum atomic E-state index is 5.57. The molecule has 0 aliphatic rings. The second-order valence-corrected chi connectivity index (χ2v) is 2.36. The number of nitrogen functional groups attached to an aromatic ring is 1. The van der Waals surface area contributed by atoms with Gasteiger partial charge in [-0.2, -0.15) is 0 Å². The summed E-state index contributed by atoms with van der Waals surface area (Å²) in [6.45, 7) is 2.04. The fourth-order valence-electron chi connectivity index (χ4n) is 0.956. The first-order valence-electron chi connectivity index (χ1n) is 3.45. The standard InChI is InChI=1S/C9H12N/c1-2-4-8-5-3-6-9(10)7-8/h2-3,5-7H,4,10H2,1H3. The zero-order chi connectivity index (χ0) is 7.40. The first kappa shape index (κ1) is 7.13. The molecule has 0 unspecified atom stereocenters. The lowest BCUT2D eigenvalue weighted by molar-refractivity contribution is 1.14. The van der Waals surface area contributed by atoms with Gasteiger partial charge in [-0.05, 0) is 30.5 Å². The van der Waals surface area contributed by atoms with Crippen molar-refractivity contribution in [1.82, 2.24) is 0 Å². The van der Waals surface area contributed by atoms with Crippen molar-refractivity contribution in [2.45, 2.75) is 13.3 Å². The predicted octanol–water partition coefficient (Wildman–Crippen LogP) is 2.04. The van der Waals surface area contributed by atoms with E-state index in [9.17, 15) is 0 Å². The van der Waals surface area contributed by atoms with Gasteiger partial charge >= 0.3 is 0 Å². The van der Waals surface area contributed by atoms with Crippen molar-refractivity contribution in [1.29, 1.82) is 0 Å². The molecule has 1 radical (unpaired) electrons. The third-order valence-electron chi connectivity index (χ3n) is 1.39. The van der Waals surface area contributed by atoms with E-state index >= 15 is 0 Å². The smallest absolute Gasteiger partial charge is 0.0316 e. The number of hydrogen-bond donors (Lipinski definition) is 1. The highest BCUT2D eigenvalue weighted by atomic mass is 14.5. The van der Waals surface area contributed by atoms with Crippen LogP contribution in [0.25, 0.3) is 0 Å². The number of anilines is 1. The molecule has 0 aliphatic carbocycles. The molecule has 0 amide bonds. The van der Waals surface area contributed by atoms with E-state index in [0.717, 1.165) is 12.1 Å². The molecular formula is C9H12N. The molecule has 53 valence electrons. The Morgan fingerprint density at radius 1 is 1.50 bits per heavy atom. The highest BCUT2D eigenvalue weighted by Crippen LogP contribution is 2.07. The minimum atomic E-state index is 0.847. The van der Waals surface area contributed by atoms with Gasteiger partial charge in [0.1, 0.15) is 0 Å². The van der Waals surface area contributed by atoms with Crippen molar-refractivity contribution in [3.05, 3.63) is 36.2 Å². The summed E-state index contributed by atoms with van der Waals surface area (Å²) in [5.74, 6) is 0. The van der Waals surface area contributed by atoms with Gasteiger partial charge in [-0.25, -0.2) is 0 Å². The van der Waals surface area contributed by atoms with Gasteiger partial charge in [0.05, 0.1) is 0 Å². The molecule has 10 heavy (non-hydrogen) atoms. The second-order valence-electron chi connectivity index (χ2n) is 2.36. The van der Waals surface area contributed by atoms with Crippen LogP contribution in [0.3, 0.4) is 0 Å². The van der Waals surface area contributed by atoms with Crippen molar-refractivity contribution in [3.63, 3.8) is 0 Å². The van der Waals surface area contributed by atoms with Gasteiger partial charge in [0, 0.05) is 5.69 Å². The molecule has 0 aromatic heterocycles. The van der Waals surface area contributed by atoms with Crippen LogP contribution in [-0.4, -0.2) is 0 Å². The first-order chi connectivity index (χ1) is 4.83. The van der Waals surface area contributed by atoms with Crippen LogP contribution in [0.15, 0.2) is 24.3 Å². The van der Waals surface area contributed by atoms with Crippen molar-refractivity contribution >= 4 is 5.69 Å². The van der Waals surface area contributed by atoms with Gasteiger partial charge in [-0.3, -0.25) is 0 Å². The monoisotopic (exact) mass is 134 g/mol. The normalized spacial score (nSPS) is 9.70. The van der Waals surface area contributed by atoms with Gasteiger partial charge < -0.3 is 5.73 Å². The van der Waals surface area contributed by atoms with Gasteiger partial charge in [0.15, 0.2) is 0 Å². The molecule has 0 bridgehead atoms. The zero-order valence-electron chi connectivity index (χ0n) is 6.17. The fraction of sp³-hybridized carbons (Fsp3) is 0.222. The van der Waals surface area contributed by atoms with Crippen molar-refractivity contribution in [2.75, 3.05) is 5.73 Å². The van der Waals surface area contributed by atoms with Crippen LogP contribution in [0.2, 0.25) is 0 Å². The fourth-order valence-corrected chi connectivity index (χ4v) is 0.956. The van der Waals surface area contributed by atoms with Crippen LogP contribution >= 0.6 is 0 Å². The lowest BCUT2D eigenvalue weighted by atomic mass is 10.1. The van der Waals surface area contributed by atoms with Crippen LogP contribution in [0, 0.1) is 6.42 Å². The first-order valence-corrected chi connectivity index (χ1v) is 3.45. The van der Waals surface area contributed by atoms with Gasteiger partial charge in [0.25, 0.3) is 0 Å². The molecule has 0 heterocycles. The Balaban J connectivity index is 2.75. The molecular weight excluding hydrogens is 122 g/mol. The summed E-state index contributed by atoms with van der Waals surface area (Å²) in [4.78, 5) is 0. The summed E-state index contributed by atoms with van der Waals surface area (Å²) in [7, 11) is 0. The molecule has 2 N–H and O–H groups in total. The lowest BCUT2D eigenvalue weighted by Gasteiger charge is -1.97. The summed E-state index contributed by atoms with van der Waals surface area (Å²) in [5, 5.41) is 0. The summed E-state index contributed by atoms with van der Waals surface area (Å²) in [6.07, 6.45) is 3.12. The second kappa shape index (κ2) is 3.25. The van der Waals surface area contributed by atoms with Crippen LogP contribution in [-0.2, 0) is 6.42 Å². The molecule has 0 spiro atoms. The molecule has 1 rings (SSSR count). The number of hydrogen-bond acceptors (Lipinski definition) is 1. The number of benzene rings is 1. The van der Waals surface area contributed by atoms with Crippen molar-refractivity contribution < 1.29 is 0 Å². The highest BCUT2D eigenvalue weighted by molar-refractivity contribution is 5.40. The molecule has 1 nitrogen and oxygen atoms in total. The van der Waals surface area contributed by atoms with Crippen LogP contribution in [0.4, 0.5) is 5.69 Å². The molecule has 0 saturated carbocycles.